The second-order valence-electron chi connectivity index (χ2n) is 14.0. The first kappa shape index (κ1) is 26.7. The van der Waals surface area contributed by atoms with E-state index in [0.717, 1.165) is 12.8 Å². The minimum Gasteiger partial charge on any atom is -0.0795 e. The van der Waals surface area contributed by atoms with Crippen molar-refractivity contribution in [3.05, 3.63) is 167 Å². The zero-order chi connectivity index (χ0) is 31.3. The summed E-state index contributed by atoms with van der Waals surface area (Å²) >= 11 is 0. The fraction of sp³-hybridized carbons (Fsp3) is 0.106. The summed E-state index contributed by atoms with van der Waals surface area (Å²) in [5.74, 6) is 0. The first-order chi connectivity index (χ1) is 23.0. The van der Waals surface area contributed by atoms with Crippen molar-refractivity contribution in [1.82, 2.24) is 0 Å². The summed E-state index contributed by atoms with van der Waals surface area (Å²) in [6.07, 6.45) is 9.11. The van der Waals surface area contributed by atoms with Crippen LogP contribution in [0, 0.1) is 0 Å². The lowest BCUT2D eigenvalue weighted by Gasteiger charge is -2.25. The van der Waals surface area contributed by atoms with E-state index in [1.54, 1.807) is 0 Å². The van der Waals surface area contributed by atoms with Crippen molar-refractivity contribution in [3.8, 4) is 44.5 Å². The second kappa shape index (κ2) is 9.77. The molecule has 0 radical (unpaired) electrons. The van der Waals surface area contributed by atoms with Gasteiger partial charge in [-0.3, -0.25) is 0 Å². The molecule has 0 fully saturated rings. The maximum atomic E-state index is 2.48. The molecule has 0 saturated carbocycles. The fourth-order valence-corrected chi connectivity index (χ4v) is 8.58. The van der Waals surface area contributed by atoms with Gasteiger partial charge in [-0.1, -0.05) is 141 Å². The van der Waals surface area contributed by atoms with Gasteiger partial charge in [-0.05, 0) is 130 Å². The molecule has 47 heavy (non-hydrogen) atoms. The largest absolute Gasteiger partial charge is 0.0795 e. The fourth-order valence-electron chi connectivity index (χ4n) is 8.58. The molecule has 0 heteroatoms. The molecule has 222 valence electrons. The highest BCUT2D eigenvalue weighted by molar-refractivity contribution is 6.08. The second-order valence-corrected chi connectivity index (χ2v) is 14.0. The summed E-state index contributed by atoms with van der Waals surface area (Å²) in [5, 5.41) is 5.39. The van der Waals surface area contributed by atoms with E-state index < -0.39 is 0 Å². The highest BCUT2D eigenvalue weighted by Crippen LogP contribution is 2.51. The van der Waals surface area contributed by atoms with Crippen molar-refractivity contribution >= 4 is 33.2 Å². The van der Waals surface area contributed by atoms with Crippen LogP contribution in [0.25, 0.3) is 77.7 Å². The Morgan fingerprint density at radius 3 is 1.94 bits per heavy atom. The van der Waals surface area contributed by atoms with Crippen LogP contribution < -0.4 is 0 Å². The third-order valence-electron chi connectivity index (χ3n) is 11.1. The van der Waals surface area contributed by atoms with Gasteiger partial charge in [-0.15, -0.1) is 0 Å². The van der Waals surface area contributed by atoms with Crippen LogP contribution in [0.15, 0.2) is 140 Å². The predicted molar refractivity (Wildman–Crippen MR) is 201 cm³/mol. The zero-order valence-corrected chi connectivity index (χ0v) is 26.8. The Hall–Kier alpha value is -5.46. The summed E-state index contributed by atoms with van der Waals surface area (Å²) in [5.41, 5.74) is 18.9. The van der Waals surface area contributed by atoms with E-state index >= 15 is 0 Å². The van der Waals surface area contributed by atoms with Crippen LogP contribution >= 0.6 is 0 Å². The van der Waals surface area contributed by atoms with E-state index in [-0.39, 0.29) is 5.41 Å². The number of benzene rings is 7. The lowest BCUT2D eigenvalue weighted by Crippen LogP contribution is -2.15. The molecular formula is C47H34. The van der Waals surface area contributed by atoms with Crippen molar-refractivity contribution < 1.29 is 0 Å². The molecule has 0 atom stereocenters. The Kier molecular flexibility index (Phi) is 5.56. The number of allylic oxidation sites excluding steroid dienone is 3. The Morgan fingerprint density at radius 2 is 1.15 bits per heavy atom. The molecule has 0 amide bonds. The standard InChI is InChI=1S/C47H34/c1-47(2)43-27-37(31-12-10-30(11-13-31)36-17-14-29-6-3-4-7-35(29)26-36)20-23-40(43)41-24-21-38(28-44(41)47)39-22-18-34-16-15-32-8-5-9-33-19-25-42(39)46(34)45(32)33/h3-7,9-15,17-28H,8,16H2,1-2H3. The third kappa shape index (κ3) is 3.95. The van der Waals surface area contributed by atoms with E-state index in [2.05, 4.69) is 159 Å². The van der Waals surface area contributed by atoms with Gasteiger partial charge in [0.05, 0.1) is 0 Å². The Morgan fingerprint density at radius 1 is 0.511 bits per heavy atom. The number of fused-ring (bicyclic) bond motifs is 4. The van der Waals surface area contributed by atoms with Crippen molar-refractivity contribution in [3.63, 3.8) is 0 Å². The summed E-state index contributed by atoms with van der Waals surface area (Å²) in [4.78, 5) is 0. The van der Waals surface area contributed by atoms with E-state index in [0.29, 0.717) is 0 Å². The minimum absolute atomic E-state index is 0.0945. The van der Waals surface area contributed by atoms with Gasteiger partial charge in [0.15, 0.2) is 0 Å². The molecule has 0 heterocycles. The van der Waals surface area contributed by atoms with Crippen LogP contribution in [0.1, 0.15) is 48.1 Å². The number of rotatable bonds is 3. The molecule has 7 aromatic rings. The first-order valence-corrected chi connectivity index (χ1v) is 16.9. The predicted octanol–water partition coefficient (Wildman–Crippen LogP) is 12.7. The molecule has 7 aromatic carbocycles. The van der Waals surface area contributed by atoms with Gasteiger partial charge in [0, 0.05) is 5.41 Å². The average Bonchev–Trinajstić information content (AvgIpc) is 3.35. The lowest BCUT2D eigenvalue weighted by atomic mass is 9.78. The van der Waals surface area contributed by atoms with Crippen molar-refractivity contribution in [2.45, 2.75) is 32.1 Å². The maximum absolute atomic E-state index is 2.48. The number of hydrogen-bond donors (Lipinski definition) is 0. The van der Waals surface area contributed by atoms with Crippen molar-refractivity contribution in [1.29, 1.82) is 0 Å². The van der Waals surface area contributed by atoms with E-state index in [1.807, 2.05) is 0 Å². The Balaban J connectivity index is 1.02. The SMILES string of the molecule is CC1(C)c2cc(-c3ccc(-c4ccc5ccccc5c4)cc3)ccc2-c2ccc(-c3ccc4c5c6c(ccc35)C=CCC6=CC4)cc21. The lowest BCUT2D eigenvalue weighted by molar-refractivity contribution is 0.661. The van der Waals surface area contributed by atoms with Gasteiger partial charge in [-0.25, -0.2) is 0 Å². The monoisotopic (exact) mass is 598 g/mol. The van der Waals surface area contributed by atoms with Crippen LogP contribution in [-0.2, 0) is 11.8 Å². The van der Waals surface area contributed by atoms with Gasteiger partial charge in [-0.2, -0.15) is 0 Å². The van der Waals surface area contributed by atoms with E-state index in [1.165, 1.54) is 99.4 Å². The van der Waals surface area contributed by atoms with Gasteiger partial charge < -0.3 is 0 Å². The molecular weight excluding hydrogens is 565 g/mol. The smallest absolute Gasteiger partial charge is 0.0159 e. The molecule has 0 aliphatic heterocycles. The highest BCUT2D eigenvalue weighted by Gasteiger charge is 2.36. The molecule has 10 rings (SSSR count). The van der Waals surface area contributed by atoms with Crippen LogP contribution in [0.3, 0.4) is 0 Å². The van der Waals surface area contributed by atoms with Gasteiger partial charge >= 0.3 is 0 Å². The average molecular weight is 599 g/mol. The summed E-state index contributed by atoms with van der Waals surface area (Å²) in [6.45, 7) is 4.79. The highest BCUT2D eigenvalue weighted by atomic mass is 14.4. The summed E-state index contributed by atoms with van der Waals surface area (Å²) in [6, 6.07) is 48.1. The molecule has 0 bridgehead atoms. The van der Waals surface area contributed by atoms with Crippen LogP contribution in [0.2, 0.25) is 0 Å². The Labute approximate surface area is 276 Å². The third-order valence-corrected chi connectivity index (χ3v) is 11.1. The molecule has 0 N–H and O–H groups in total. The van der Waals surface area contributed by atoms with Crippen molar-refractivity contribution in [2.75, 3.05) is 0 Å². The minimum atomic E-state index is -0.0945. The quantitative estimate of drug-likeness (QED) is 0.190. The van der Waals surface area contributed by atoms with E-state index in [4.69, 9.17) is 0 Å². The molecule has 3 aliphatic rings. The summed E-state index contributed by atoms with van der Waals surface area (Å²) in [7, 11) is 0. The molecule has 0 spiro atoms. The zero-order valence-electron chi connectivity index (χ0n) is 26.8. The number of hydrogen-bond acceptors (Lipinski definition) is 0. The van der Waals surface area contributed by atoms with Gasteiger partial charge in [0.2, 0.25) is 0 Å². The topological polar surface area (TPSA) is 0 Å². The van der Waals surface area contributed by atoms with Gasteiger partial charge in [0.1, 0.15) is 0 Å². The van der Waals surface area contributed by atoms with Crippen molar-refractivity contribution in [2.24, 2.45) is 0 Å². The van der Waals surface area contributed by atoms with Crippen LogP contribution in [0.5, 0.6) is 0 Å². The van der Waals surface area contributed by atoms with Gasteiger partial charge in [0.25, 0.3) is 0 Å². The normalized spacial score (nSPS) is 15.1. The maximum Gasteiger partial charge on any atom is 0.0159 e. The van der Waals surface area contributed by atoms with Crippen LogP contribution in [0.4, 0.5) is 0 Å². The molecule has 3 aliphatic carbocycles. The van der Waals surface area contributed by atoms with Crippen LogP contribution in [-0.4, -0.2) is 0 Å². The van der Waals surface area contributed by atoms with E-state index in [9.17, 15) is 0 Å². The summed E-state index contributed by atoms with van der Waals surface area (Å²) < 4.78 is 0. The molecule has 0 aromatic heterocycles. The first-order valence-electron chi connectivity index (χ1n) is 16.9. The Bertz CT molecular complexity index is 2520. The molecule has 0 saturated heterocycles. The molecule has 0 unspecified atom stereocenters. The molecule has 0 nitrogen and oxygen atoms in total.